The average Bonchev–Trinajstić information content (AvgIpc) is 2.63. The van der Waals surface area contributed by atoms with Gasteiger partial charge in [0, 0.05) is 12.8 Å². The van der Waals surface area contributed by atoms with Crippen molar-refractivity contribution in [3.05, 3.63) is 24.8 Å². The lowest BCUT2D eigenvalue weighted by atomic mass is 10.0. The third kappa shape index (κ3) is 11.5. The first-order chi connectivity index (χ1) is 13.3. The lowest BCUT2D eigenvalue weighted by molar-refractivity contribution is -0.910. The van der Waals surface area contributed by atoms with E-state index in [1.807, 2.05) is 34.1 Å². The monoisotopic (exact) mass is 412 g/mol. The number of allylic oxidation sites excluding steroid dienone is 3. The molecule has 0 saturated heterocycles. The van der Waals surface area contributed by atoms with E-state index in [4.69, 9.17) is 0 Å². The van der Waals surface area contributed by atoms with E-state index in [0.717, 1.165) is 25.7 Å². The van der Waals surface area contributed by atoms with Crippen LogP contribution >= 0.6 is 8.03 Å². The van der Waals surface area contributed by atoms with E-state index in [2.05, 4.69) is 18.7 Å². The van der Waals surface area contributed by atoms with E-state index >= 15 is 0 Å². The first kappa shape index (κ1) is 27.5. The van der Waals surface area contributed by atoms with Gasteiger partial charge in [0.1, 0.15) is 0 Å². The van der Waals surface area contributed by atoms with Crippen molar-refractivity contribution >= 4 is 8.03 Å². The van der Waals surface area contributed by atoms with Crippen molar-refractivity contribution in [3.63, 3.8) is 0 Å². The van der Waals surface area contributed by atoms with Crippen LogP contribution in [0.2, 0.25) is 0 Å². The molecule has 4 heteroatoms. The van der Waals surface area contributed by atoms with E-state index < -0.39 is 13.3 Å². The highest BCUT2D eigenvalue weighted by molar-refractivity contribution is 7.38. The predicted octanol–water partition coefficient (Wildman–Crippen LogP) is 7.11. The standard InChI is InChI=1S/C24H47NO2P/c1-6-8-9-10-11-12-13-14-15-16-17-18-19-20-21-22-23-24(7-2,28(26)27)25(3,4)5/h6,12-13H,1,7-11,14-23H2,2-5H3/q+1/b13-12-. The first-order valence-electron chi connectivity index (χ1n) is 11.5. The molecule has 0 fully saturated rings. The molecule has 0 spiro atoms. The number of rotatable bonds is 19. The second-order valence-corrected chi connectivity index (χ2v) is 10.4. The van der Waals surface area contributed by atoms with Gasteiger partial charge in [0.15, 0.2) is 0 Å². The van der Waals surface area contributed by atoms with Gasteiger partial charge in [-0.15, -0.1) is 6.58 Å². The van der Waals surface area contributed by atoms with Gasteiger partial charge < -0.3 is 4.89 Å². The third-order valence-corrected chi connectivity index (χ3v) is 7.87. The molecule has 2 unspecified atom stereocenters. The first-order valence-corrected chi connectivity index (χ1v) is 12.7. The smallest absolute Gasteiger partial charge is 0.376 e. The summed E-state index contributed by atoms with van der Waals surface area (Å²) in [5.74, 6) is 0. The highest BCUT2D eigenvalue weighted by Crippen LogP contribution is 2.44. The van der Waals surface area contributed by atoms with E-state index in [1.165, 1.54) is 64.2 Å². The Morgan fingerprint density at radius 2 is 1.25 bits per heavy atom. The van der Waals surface area contributed by atoms with Crippen LogP contribution in [0.25, 0.3) is 0 Å². The summed E-state index contributed by atoms with van der Waals surface area (Å²) in [7, 11) is 3.60. The summed E-state index contributed by atoms with van der Waals surface area (Å²) in [5, 5.41) is -0.603. The van der Waals surface area contributed by atoms with Crippen molar-refractivity contribution in [3.8, 4) is 0 Å². The molecule has 0 saturated carbocycles. The molecule has 0 aliphatic rings. The fraction of sp³-hybridized carbons (Fsp3) is 0.833. The minimum absolute atomic E-state index is 0.505. The average molecular weight is 413 g/mol. The molecule has 0 N–H and O–H groups in total. The molecule has 0 radical (unpaired) electrons. The summed E-state index contributed by atoms with van der Waals surface area (Å²) in [6.07, 6.45) is 24.3. The third-order valence-electron chi connectivity index (χ3n) is 6.05. The zero-order chi connectivity index (χ0) is 21.3. The number of quaternary nitrogens is 1. The fourth-order valence-corrected chi connectivity index (χ4v) is 5.06. The summed E-state index contributed by atoms with van der Waals surface area (Å²) < 4.78 is 12.4. The molecule has 164 valence electrons. The highest BCUT2D eigenvalue weighted by atomic mass is 31.1. The van der Waals surface area contributed by atoms with Crippen LogP contribution in [0.15, 0.2) is 24.8 Å². The summed E-state index contributed by atoms with van der Waals surface area (Å²) in [6.45, 7) is 5.76. The minimum atomic E-state index is -2.42. The number of nitrogens with zero attached hydrogens (tertiary/aromatic N) is 1. The maximum atomic E-state index is 11.9. The van der Waals surface area contributed by atoms with Crippen molar-refractivity contribution in [1.29, 1.82) is 0 Å². The Hall–Kier alpha value is -0.500. The molecule has 2 atom stereocenters. The van der Waals surface area contributed by atoms with Crippen molar-refractivity contribution in [1.82, 2.24) is 0 Å². The van der Waals surface area contributed by atoms with Gasteiger partial charge in [-0.1, -0.05) is 68.2 Å². The quantitative estimate of drug-likeness (QED) is 0.0982. The summed E-state index contributed by atoms with van der Waals surface area (Å²) in [6, 6.07) is 0. The van der Waals surface area contributed by atoms with Crippen molar-refractivity contribution in [2.45, 2.75) is 109 Å². The van der Waals surface area contributed by atoms with E-state index in [1.54, 1.807) is 0 Å². The van der Waals surface area contributed by atoms with Crippen molar-refractivity contribution in [2.75, 3.05) is 21.1 Å². The van der Waals surface area contributed by atoms with Crippen molar-refractivity contribution in [2.24, 2.45) is 0 Å². The Balaban J connectivity index is 3.65. The van der Waals surface area contributed by atoms with Gasteiger partial charge in [-0.25, -0.2) is 0 Å². The molecule has 0 heterocycles. The Kier molecular flexibility index (Phi) is 16.0. The van der Waals surface area contributed by atoms with E-state index in [0.29, 0.717) is 10.9 Å². The molecule has 3 nitrogen and oxygen atoms in total. The molecule has 0 amide bonds. The van der Waals surface area contributed by atoms with Crippen LogP contribution in [-0.4, -0.2) is 30.9 Å². The van der Waals surface area contributed by atoms with Gasteiger partial charge >= 0.3 is 8.03 Å². The molecular weight excluding hydrogens is 365 g/mol. The summed E-state index contributed by atoms with van der Waals surface area (Å²) >= 11 is 0. The zero-order valence-electron chi connectivity index (χ0n) is 19.3. The molecule has 0 aromatic rings. The molecule has 0 aromatic carbocycles. The van der Waals surface area contributed by atoms with Crippen molar-refractivity contribution < 1.29 is 13.9 Å². The highest BCUT2D eigenvalue weighted by Gasteiger charge is 2.52. The molecule has 28 heavy (non-hydrogen) atoms. The van der Waals surface area contributed by atoms with Crippen LogP contribution in [0.1, 0.15) is 103 Å². The van der Waals surface area contributed by atoms with E-state index in [-0.39, 0.29) is 0 Å². The van der Waals surface area contributed by atoms with E-state index in [9.17, 15) is 9.46 Å². The van der Waals surface area contributed by atoms with Crippen LogP contribution in [0.3, 0.4) is 0 Å². The van der Waals surface area contributed by atoms with Gasteiger partial charge in [0.2, 0.25) is 0 Å². The Bertz CT molecular complexity index is 442. The fourth-order valence-electron chi connectivity index (χ4n) is 3.97. The maximum Gasteiger partial charge on any atom is 0.376 e. The molecule has 0 aliphatic carbocycles. The van der Waals surface area contributed by atoms with Crippen LogP contribution in [0.5, 0.6) is 0 Å². The number of unbranched alkanes of at least 4 members (excludes halogenated alkanes) is 11. The van der Waals surface area contributed by atoms with Crippen LogP contribution in [0.4, 0.5) is 0 Å². The maximum absolute atomic E-state index is 11.9. The number of hydrogen-bond donors (Lipinski definition) is 0. The molecule has 0 aromatic heterocycles. The largest absolute Gasteiger partial charge is 0.590 e. The Morgan fingerprint density at radius 3 is 1.68 bits per heavy atom. The van der Waals surface area contributed by atoms with Gasteiger partial charge in [-0.2, -0.15) is 0 Å². The SMILES string of the molecule is C=CCCCC/C=C\CCCCCCCCCCC(CC)([P+](=O)[O-])[N+](C)(C)C. The van der Waals surface area contributed by atoms with Gasteiger partial charge in [-0.3, -0.25) is 4.48 Å². The lowest BCUT2D eigenvalue weighted by Crippen LogP contribution is -2.55. The zero-order valence-corrected chi connectivity index (χ0v) is 20.2. The molecule has 0 aliphatic heterocycles. The molecule has 0 rings (SSSR count). The topological polar surface area (TPSA) is 40.1 Å². The normalized spacial score (nSPS) is 15.0. The van der Waals surface area contributed by atoms with Crippen LogP contribution in [-0.2, 0) is 4.57 Å². The Morgan fingerprint density at radius 1 is 0.821 bits per heavy atom. The summed E-state index contributed by atoms with van der Waals surface area (Å²) in [4.78, 5) is 11.9. The Labute approximate surface area is 176 Å². The van der Waals surface area contributed by atoms with Crippen LogP contribution < -0.4 is 4.89 Å². The minimum Gasteiger partial charge on any atom is -0.590 e. The molecular formula is C24H47NO2P+. The summed E-state index contributed by atoms with van der Waals surface area (Å²) in [5.41, 5.74) is 0. The second-order valence-electron chi connectivity index (χ2n) is 9.02. The van der Waals surface area contributed by atoms with Gasteiger partial charge in [-0.05, 0) is 44.9 Å². The number of hydrogen-bond acceptors (Lipinski definition) is 2. The lowest BCUT2D eigenvalue weighted by Gasteiger charge is -2.39. The second kappa shape index (κ2) is 16.3. The van der Waals surface area contributed by atoms with Gasteiger partial charge in [0.05, 0.1) is 21.1 Å². The van der Waals surface area contributed by atoms with Crippen LogP contribution in [0, 0.1) is 0 Å². The molecule has 0 bridgehead atoms. The predicted molar refractivity (Wildman–Crippen MR) is 123 cm³/mol. The van der Waals surface area contributed by atoms with Gasteiger partial charge in [0.25, 0.3) is 5.28 Å².